The van der Waals surface area contributed by atoms with Gasteiger partial charge in [-0.3, -0.25) is 14.9 Å². The molecule has 6 heteroatoms. The van der Waals surface area contributed by atoms with Crippen LogP contribution in [-0.4, -0.2) is 23.9 Å². The average molecular weight is 365 g/mol. The monoisotopic (exact) mass is 365 g/mol. The lowest BCUT2D eigenvalue weighted by Gasteiger charge is -2.10. The predicted molar refractivity (Wildman–Crippen MR) is 103 cm³/mol. The van der Waals surface area contributed by atoms with Crippen molar-refractivity contribution in [1.82, 2.24) is 10.6 Å². The summed E-state index contributed by atoms with van der Waals surface area (Å²) in [7, 11) is 0. The highest BCUT2D eigenvalue weighted by molar-refractivity contribution is 6.04. The van der Waals surface area contributed by atoms with Crippen LogP contribution < -0.4 is 16.0 Å². The lowest BCUT2D eigenvalue weighted by atomic mass is 9.99. The van der Waals surface area contributed by atoms with Crippen molar-refractivity contribution in [3.63, 3.8) is 0 Å². The number of carbonyl (C=O) groups excluding carboxylic acids is 3. The van der Waals surface area contributed by atoms with Gasteiger partial charge in [-0.25, -0.2) is 4.79 Å². The second-order valence-corrected chi connectivity index (χ2v) is 7.04. The highest BCUT2D eigenvalue weighted by atomic mass is 16.2. The normalized spacial score (nSPS) is 16.2. The van der Waals surface area contributed by atoms with Crippen molar-refractivity contribution in [3.8, 4) is 0 Å². The van der Waals surface area contributed by atoms with Gasteiger partial charge in [0.25, 0.3) is 5.91 Å². The van der Waals surface area contributed by atoms with Crippen LogP contribution in [0.3, 0.4) is 0 Å². The number of carbonyl (C=O) groups is 3. The third-order valence-corrected chi connectivity index (χ3v) is 4.52. The van der Waals surface area contributed by atoms with E-state index in [1.165, 1.54) is 5.56 Å². The molecule has 0 bridgehead atoms. The first-order chi connectivity index (χ1) is 12.9. The van der Waals surface area contributed by atoms with Gasteiger partial charge in [-0.1, -0.05) is 50.2 Å². The van der Waals surface area contributed by atoms with Crippen molar-refractivity contribution in [1.29, 1.82) is 0 Å². The molecule has 1 atom stereocenters. The Labute approximate surface area is 158 Å². The summed E-state index contributed by atoms with van der Waals surface area (Å²) in [4.78, 5) is 35.0. The lowest BCUT2D eigenvalue weighted by Crippen LogP contribution is -2.31. The molecule has 1 aliphatic heterocycles. The maximum Gasteiger partial charge on any atom is 0.322 e. The van der Waals surface area contributed by atoms with Crippen LogP contribution in [0.5, 0.6) is 0 Å². The molecule has 1 heterocycles. The molecule has 6 nitrogen and oxygen atoms in total. The van der Waals surface area contributed by atoms with Crippen LogP contribution in [0.15, 0.2) is 48.5 Å². The van der Waals surface area contributed by atoms with Gasteiger partial charge in [0, 0.05) is 12.1 Å². The van der Waals surface area contributed by atoms with Crippen LogP contribution in [0, 0.1) is 0 Å². The van der Waals surface area contributed by atoms with Gasteiger partial charge in [0.1, 0.15) is 6.04 Å². The molecule has 140 valence electrons. The zero-order valence-corrected chi connectivity index (χ0v) is 15.4. The Morgan fingerprint density at radius 2 is 1.81 bits per heavy atom. The summed E-state index contributed by atoms with van der Waals surface area (Å²) in [5.41, 5.74) is 3.80. The van der Waals surface area contributed by atoms with Crippen LogP contribution in [0.2, 0.25) is 0 Å². The minimum Gasteiger partial charge on any atom is -0.326 e. The molecule has 0 spiro atoms. The standard InChI is InChI=1S/C21H23N3O3/c1-13(2)16-5-3-4-15(10-16)12-19(25)22-17-8-6-14(7-9-17)11-18-20(26)24-21(27)23-18/h3-10,13,18H,11-12H2,1-2H3,(H,22,25)(H2,23,24,26,27). The maximum absolute atomic E-state index is 12.3. The van der Waals surface area contributed by atoms with Crippen LogP contribution in [-0.2, 0) is 22.4 Å². The topological polar surface area (TPSA) is 87.3 Å². The quantitative estimate of drug-likeness (QED) is 0.688. The van der Waals surface area contributed by atoms with Crippen LogP contribution in [0.1, 0.15) is 36.5 Å². The molecule has 0 saturated carbocycles. The minimum atomic E-state index is -0.550. The molecule has 3 N–H and O–H groups in total. The smallest absolute Gasteiger partial charge is 0.322 e. The molecule has 4 amide bonds. The summed E-state index contributed by atoms with van der Waals surface area (Å²) >= 11 is 0. The van der Waals surface area contributed by atoms with E-state index < -0.39 is 12.1 Å². The van der Waals surface area contributed by atoms with Crippen LogP contribution in [0.25, 0.3) is 0 Å². The van der Waals surface area contributed by atoms with E-state index >= 15 is 0 Å². The summed E-state index contributed by atoms with van der Waals surface area (Å²) in [5, 5.41) is 7.67. The van der Waals surface area contributed by atoms with Gasteiger partial charge >= 0.3 is 6.03 Å². The summed E-state index contributed by atoms with van der Waals surface area (Å²) in [5.74, 6) is 0.0272. The molecule has 1 unspecified atom stereocenters. The van der Waals surface area contributed by atoms with Gasteiger partial charge in [0.05, 0.1) is 6.42 Å². The molecule has 1 aliphatic rings. The van der Waals surface area contributed by atoms with E-state index in [9.17, 15) is 14.4 Å². The largest absolute Gasteiger partial charge is 0.326 e. The zero-order chi connectivity index (χ0) is 19.4. The number of rotatable bonds is 6. The Morgan fingerprint density at radius 3 is 2.44 bits per heavy atom. The molecular formula is C21H23N3O3. The number of anilines is 1. The number of amides is 4. The summed E-state index contributed by atoms with van der Waals surface area (Å²) in [6.45, 7) is 4.25. The Hall–Kier alpha value is -3.15. The highest BCUT2D eigenvalue weighted by Crippen LogP contribution is 2.17. The van der Waals surface area contributed by atoms with E-state index in [1.54, 1.807) is 12.1 Å². The first-order valence-electron chi connectivity index (χ1n) is 8.99. The fourth-order valence-corrected chi connectivity index (χ4v) is 3.02. The Bertz CT molecular complexity index is 859. The molecule has 27 heavy (non-hydrogen) atoms. The van der Waals surface area contributed by atoms with E-state index in [1.807, 2.05) is 24.3 Å². The van der Waals surface area contributed by atoms with Crippen molar-refractivity contribution in [2.45, 2.75) is 38.6 Å². The van der Waals surface area contributed by atoms with Crippen LogP contribution in [0.4, 0.5) is 10.5 Å². The van der Waals surface area contributed by atoms with Crippen molar-refractivity contribution in [3.05, 3.63) is 65.2 Å². The van der Waals surface area contributed by atoms with E-state index in [0.29, 0.717) is 24.4 Å². The molecule has 3 rings (SSSR count). The molecule has 0 aliphatic carbocycles. The van der Waals surface area contributed by atoms with E-state index in [0.717, 1.165) is 11.1 Å². The van der Waals surface area contributed by atoms with Gasteiger partial charge in [-0.05, 0) is 34.7 Å². The van der Waals surface area contributed by atoms with Crippen molar-refractivity contribution >= 4 is 23.5 Å². The van der Waals surface area contributed by atoms with E-state index in [2.05, 4.69) is 41.9 Å². The summed E-state index contributed by atoms with van der Waals surface area (Å²) in [6.07, 6.45) is 0.727. The SMILES string of the molecule is CC(C)c1cccc(CC(=O)Nc2ccc(CC3NC(=O)NC3=O)cc2)c1. The molecular weight excluding hydrogens is 342 g/mol. The number of urea groups is 1. The number of imide groups is 1. The second kappa shape index (κ2) is 8.03. The number of hydrogen-bond acceptors (Lipinski definition) is 3. The minimum absolute atomic E-state index is 0.0777. The Balaban J connectivity index is 1.56. The van der Waals surface area contributed by atoms with Crippen molar-refractivity contribution in [2.75, 3.05) is 5.32 Å². The van der Waals surface area contributed by atoms with Gasteiger partial charge < -0.3 is 10.6 Å². The van der Waals surface area contributed by atoms with Gasteiger partial charge in [0.2, 0.25) is 5.91 Å². The molecule has 2 aromatic carbocycles. The number of hydrogen-bond donors (Lipinski definition) is 3. The third kappa shape index (κ3) is 4.94. The van der Waals surface area contributed by atoms with E-state index in [-0.39, 0.29) is 11.8 Å². The number of nitrogens with one attached hydrogen (secondary N) is 3. The molecule has 1 fully saturated rings. The van der Waals surface area contributed by atoms with Crippen LogP contribution >= 0.6 is 0 Å². The number of benzene rings is 2. The maximum atomic E-state index is 12.3. The average Bonchev–Trinajstić information content (AvgIpc) is 2.94. The fraction of sp³-hybridized carbons (Fsp3) is 0.286. The fourth-order valence-electron chi connectivity index (χ4n) is 3.02. The molecule has 2 aromatic rings. The highest BCUT2D eigenvalue weighted by Gasteiger charge is 2.29. The first kappa shape index (κ1) is 18.6. The van der Waals surface area contributed by atoms with Crippen molar-refractivity contribution in [2.24, 2.45) is 0 Å². The Kier molecular flexibility index (Phi) is 5.54. The first-order valence-corrected chi connectivity index (χ1v) is 8.99. The molecule has 0 aromatic heterocycles. The van der Waals surface area contributed by atoms with Gasteiger partial charge in [0.15, 0.2) is 0 Å². The Morgan fingerprint density at radius 1 is 1.07 bits per heavy atom. The molecule has 1 saturated heterocycles. The third-order valence-electron chi connectivity index (χ3n) is 4.52. The molecule has 0 radical (unpaired) electrons. The predicted octanol–water partition coefficient (Wildman–Crippen LogP) is 2.74. The summed E-state index contributed by atoms with van der Waals surface area (Å²) in [6, 6.07) is 14.3. The zero-order valence-electron chi connectivity index (χ0n) is 15.4. The van der Waals surface area contributed by atoms with Gasteiger partial charge in [-0.15, -0.1) is 0 Å². The summed E-state index contributed by atoms with van der Waals surface area (Å²) < 4.78 is 0. The second-order valence-electron chi connectivity index (χ2n) is 7.04. The lowest BCUT2D eigenvalue weighted by molar-refractivity contribution is -0.120. The van der Waals surface area contributed by atoms with Gasteiger partial charge in [-0.2, -0.15) is 0 Å². The van der Waals surface area contributed by atoms with Crippen molar-refractivity contribution < 1.29 is 14.4 Å². The van der Waals surface area contributed by atoms with E-state index in [4.69, 9.17) is 0 Å².